The predicted octanol–water partition coefficient (Wildman–Crippen LogP) is 6.39. The zero-order valence-electron chi connectivity index (χ0n) is 13.1. The van der Waals surface area contributed by atoms with Crippen molar-refractivity contribution >= 4 is 0 Å². The normalized spacial score (nSPS) is 27.9. The van der Waals surface area contributed by atoms with E-state index in [1.807, 2.05) is 0 Å². The lowest BCUT2D eigenvalue weighted by atomic mass is 9.77. The topological polar surface area (TPSA) is 0 Å². The first kappa shape index (κ1) is 14.4. The number of rotatable bonds is 2. The lowest BCUT2D eigenvalue weighted by Gasteiger charge is -2.27. The van der Waals surface area contributed by atoms with Gasteiger partial charge in [-0.3, -0.25) is 0 Å². The summed E-state index contributed by atoms with van der Waals surface area (Å²) in [5, 5.41) is 0. The van der Waals surface area contributed by atoms with Crippen molar-refractivity contribution < 1.29 is 0 Å². The van der Waals surface area contributed by atoms with Crippen LogP contribution in [0.25, 0.3) is 0 Å². The lowest BCUT2D eigenvalue weighted by molar-refractivity contribution is 0.474. The molecule has 2 saturated carbocycles. The summed E-state index contributed by atoms with van der Waals surface area (Å²) in [6.45, 7) is 0. The van der Waals surface area contributed by atoms with E-state index in [-0.39, 0.29) is 0 Å². The van der Waals surface area contributed by atoms with Crippen LogP contribution in [0.15, 0.2) is 23.8 Å². The van der Waals surface area contributed by atoms with E-state index in [1.54, 1.807) is 11.5 Å². The van der Waals surface area contributed by atoms with Crippen LogP contribution in [0.4, 0.5) is 0 Å². The van der Waals surface area contributed by atoms with Gasteiger partial charge < -0.3 is 0 Å². The Kier molecular flexibility index (Phi) is 5.39. The van der Waals surface area contributed by atoms with Crippen LogP contribution in [0.1, 0.15) is 83.5 Å². The molecule has 3 rings (SSSR count). The van der Waals surface area contributed by atoms with E-state index in [0.29, 0.717) is 0 Å². The molecule has 0 spiro atoms. The molecule has 0 amide bonds. The summed E-state index contributed by atoms with van der Waals surface area (Å²) in [6, 6.07) is 0. The van der Waals surface area contributed by atoms with Crippen LogP contribution < -0.4 is 0 Å². The fourth-order valence-corrected chi connectivity index (χ4v) is 4.45. The molecule has 0 N–H and O–H groups in total. The van der Waals surface area contributed by atoms with Crippen molar-refractivity contribution in [3.63, 3.8) is 0 Å². The monoisotopic (exact) mass is 271 g/mol. The number of hydrogen-bond donors (Lipinski definition) is 0. The number of allylic oxidation sites excluding steroid dienone is 4. The maximum atomic E-state index is 2.63. The molecule has 20 heavy (non-hydrogen) atoms. The molecule has 0 aromatic rings. The smallest absolute Gasteiger partial charge is 0.00472 e. The van der Waals surface area contributed by atoms with E-state index in [9.17, 15) is 0 Å². The fourth-order valence-electron chi connectivity index (χ4n) is 4.45. The van der Waals surface area contributed by atoms with Crippen molar-refractivity contribution in [2.45, 2.75) is 83.5 Å². The average Bonchev–Trinajstić information content (AvgIpc) is 2.92. The quantitative estimate of drug-likeness (QED) is 0.511. The van der Waals surface area contributed by atoms with E-state index >= 15 is 0 Å². The molecule has 0 saturated heterocycles. The van der Waals surface area contributed by atoms with Crippen molar-refractivity contribution in [3.05, 3.63) is 29.7 Å². The standard InChI is InChI=1S/C20H31/c1-2-6-11-17(10-5-1)19-14-9-15-20(16-19)18-12-7-3-4-8-13-18/h9,14,16-18H,1-8,10-13,15H2. The summed E-state index contributed by atoms with van der Waals surface area (Å²) in [4.78, 5) is 0. The molecule has 111 valence electrons. The zero-order chi connectivity index (χ0) is 13.6. The second-order valence-electron chi connectivity index (χ2n) is 7.20. The van der Waals surface area contributed by atoms with Gasteiger partial charge >= 0.3 is 0 Å². The Morgan fingerprint density at radius 1 is 0.650 bits per heavy atom. The van der Waals surface area contributed by atoms with Crippen LogP contribution >= 0.6 is 0 Å². The van der Waals surface area contributed by atoms with E-state index in [2.05, 4.69) is 18.2 Å². The first-order valence-corrected chi connectivity index (χ1v) is 9.17. The van der Waals surface area contributed by atoms with Crippen LogP contribution in [0, 0.1) is 17.8 Å². The Morgan fingerprint density at radius 3 is 1.80 bits per heavy atom. The molecule has 0 heteroatoms. The summed E-state index contributed by atoms with van der Waals surface area (Å²) < 4.78 is 0. The Hall–Kier alpha value is -0.520. The van der Waals surface area contributed by atoms with E-state index in [1.165, 1.54) is 83.5 Å². The Labute approximate surface area is 125 Å². The minimum atomic E-state index is 0.870. The first-order chi connectivity index (χ1) is 9.93. The van der Waals surface area contributed by atoms with Gasteiger partial charge in [0.2, 0.25) is 0 Å². The predicted molar refractivity (Wildman–Crippen MR) is 87.5 cm³/mol. The minimum absolute atomic E-state index is 0.870. The molecule has 3 aliphatic rings. The summed E-state index contributed by atoms with van der Waals surface area (Å²) in [7, 11) is 0. The third-order valence-electron chi connectivity index (χ3n) is 5.72. The van der Waals surface area contributed by atoms with Crippen molar-refractivity contribution in [2.24, 2.45) is 11.8 Å². The highest BCUT2D eigenvalue weighted by atomic mass is 14.3. The summed E-state index contributed by atoms with van der Waals surface area (Å²) in [5.41, 5.74) is 1.68. The molecule has 3 aliphatic carbocycles. The molecule has 0 atom stereocenters. The highest BCUT2D eigenvalue weighted by Gasteiger charge is 2.25. The fraction of sp³-hybridized carbons (Fsp3) is 0.750. The van der Waals surface area contributed by atoms with Gasteiger partial charge in [0.15, 0.2) is 0 Å². The largest absolute Gasteiger partial charge is 0.0834 e. The van der Waals surface area contributed by atoms with Gasteiger partial charge in [0.25, 0.3) is 0 Å². The lowest BCUT2D eigenvalue weighted by Crippen LogP contribution is -2.14. The molecule has 0 aromatic heterocycles. The number of hydrogen-bond acceptors (Lipinski definition) is 0. The van der Waals surface area contributed by atoms with Gasteiger partial charge in [-0.15, -0.1) is 0 Å². The van der Waals surface area contributed by atoms with Crippen LogP contribution in [-0.2, 0) is 0 Å². The van der Waals surface area contributed by atoms with Gasteiger partial charge in [0.1, 0.15) is 0 Å². The molecule has 0 heterocycles. The second-order valence-corrected chi connectivity index (χ2v) is 7.20. The van der Waals surface area contributed by atoms with Gasteiger partial charge in [0.05, 0.1) is 0 Å². The zero-order valence-corrected chi connectivity index (χ0v) is 13.1. The van der Waals surface area contributed by atoms with Crippen LogP contribution in [0.2, 0.25) is 0 Å². The molecule has 0 aromatic carbocycles. The Bertz CT molecular complexity index is 333. The van der Waals surface area contributed by atoms with Gasteiger partial charge in [-0.25, -0.2) is 0 Å². The van der Waals surface area contributed by atoms with Gasteiger partial charge in [-0.2, -0.15) is 0 Å². The molecule has 0 nitrogen and oxygen atoms in total. The Balaban J connectivity index is 1.65. The molecular weight excluding hydrogens is 240 g/mol. The minimum Gasteiger partial charge on any atom is -0.0834 e. The Morgan fingerprint density at radius 2 is 1.20 bits per heavy atom. The van der Waals surface area contributed by atoms with E-state index in [4.69, 9.17) is 0 Å². The maximum Gasteiger partial charge on any atom is 0.00472 e. The molecule has 1 radical (unpaired) electrons. The van der Waals surface area contributed by atoms with Crippen molar-refractivity contribution in [1.29, 1.82) is 0 Å². The molecule has 0 aliphatic heterocycles. The first-order valence-electron chi connectivity index (χ1n) is 9.17. The SMILES string of the molecule is C1=CC(C2CCCCCC2)=C[C](C2CCCCCC2)C1. The molecular formula is C20H31. The molecule has 0 unspecified atom stereocenters. The van der Waals surface area contributed by atoms with E-state index in [0.717, 1.165) is 11.8 Å². The van der Waals surface area contributed by atoms with Crippen LogP contribution in [0.3, 0.4) is 0 Å². The maximum absolute atomic E-state index is 2.63. The average molecular weight is 271 g/mol. The van der Waals surface area contributed by atoms with Gasteiger partial charge in [-0.1, -0.05) is 69.6 Å². The third-order valence-corrected chi connectivity index (χ3v) is 5.72. The van der Waals surface area contributed by atoms with Crippen LogP contribution in [-0.4, -0.2) is 0 Å². The highest BCUT2D eigenvalue weighted by molar-refractivity contribution is 5.35. The van der Waals surface area contributed by atoms with Gasteiger partial charge in [-0.05, 0) is 49.5 Å². The summed E-state index contributed by atoms with van der Waals surface area (Å²) in [5.74, 6) is 3.55. The van der Waals surface area contributed by atoms with Gasteiger partial charge in [0, 0.05) is 5.92 Å². The third kappa shape index (κ3) is 3.77. The van der Waals surface area contributed by atoms with Crippen LogP contribution in [0.5, 0.6) is 0 Å². The van der Waals surface area contributed by atoms with Crippen molar-refractivity contribution in [1.82, 2.24) is 0 Å². The van der Waals surface area contributed by atoms with Crippen molar-refractivity contribution in [2.75, 3.05) is 0 Å². The summed E-state index contributed by atoms with van der Waals surface area (Å²) >= 11 is 0. The highest BCUT2D eigenvalue weighted by Crippen LogP contribution is 2.39. The molecule has 2 fully saturated rings. The second kappa shape index (κ2) is 7.48. The molecule has 0 bridgehead atoms. The van der Waals surface area contributed by atoms with Crippen molar-refractivity contribution in [3.8, 4) is 0 Å². The summed E-state index contributed by atoms with van der Waals surface area (Å²) in [6.07, 6.45) is 26.3. The van der Waals surface area contributed by atoms with E-state index < -0.39 is 0 Å².